The van der Waals surface area contributed by atoms with Crippen LogP contribution in [-0.2, 0) is 14.3 Å². The van der Waals surface area contributed by atoms with E-state index in [0.29, 0.717) is 12.5 Å². The molecule has 1 amide bonds. The van der Waals surface area contributed by atoms with Crippen molar-refractivity contribution in [3.63, 3.8) is 0 Å². The minimum atomic E-state index is -0.886. The molecule has 5 heteroatoms. The van der Waals surface area contributed by atoms with Crippen LogP contribution in [0.15, 0.2) is 30.3 Å². The molecule has 1 aromatic rings. The molecule has 25 heavy (non-hydrogen) atoms. The molecule has 1 aliphatic rings. The molecular formula is C20H30N2O3. The van der Waals surface area contributed by atoms with Crippen LogP contribution in [0.3, 0.4) is 0 Å². The summed E-state index contributed by atoms with van der Waals surface area (Å²) in [5.41, 5.74) is 0.260. The van der Waals surface area contributed by atoms with Gasteiger partial charge in [0.2, 0.25) is 5.91 Å². The normalized spacial score (nSPS) is 16.4. The van der Waals surface area contributed by atoms with Gasteiger partial charge in [-0.2, -0.15) is 0 Å². The Labute approximate surface area is 150 Å². The van der Waals surface area contributed by atoms with Gasteiger partial charge in [0.25, 0.3) is 0 Å². The maximum Gasteiger partial charge on any atom is 0.325 e. The largest absolute Gasteiger partial charge is 0.465 e. The Kier molecular flexibility index (Phi) is 7.00. The Morgan fingerprint density at radius 1 is 1.20 bits per heavy atom. The van der Waals surface area contributed by atoms with Crippen LogP contribution in [0.2, 0.25) is 0 Å². The van der Waals surface area contributed by atoms with Gasteiger partial charge in [-0.05, 0) is 45.1 Å². The molecule has 1 fully saturated rings. The van der Waals surface area contributed by atoms with Gasteiger partial charge in [0.05, 0.1) is 19.2 Å². The summed E-state index contributed by atoms with van der Waals surface area (Å²) in [6.07, 6.45) is 4.72. The number of ether oxygens (including phenoxy) is 1. The van der Waals surface area contributed by atoms with E-state index in [-0.39, 0.29) is 24.5 Å². The highest BCUT2D eigenvalue weighted by Crippen LogP contribution is 2.35. The molecule has 0 radical (unpaired) electrons. The summed E-state index contributed by atoms with van der Waals surface area (Å²) in [4.78, 5) is 24.4. The summed E-state index contributed by atoms with van der Waals surface area (Å²) in [6, 6.07) is 10.2. The number of hydrogen-bond acceptors (Lipinski definition) is 4. The zero-order chi connectivity index (χ0) is 18.3. The maximum absolute atomic E-state index is 12.5. The van der Waals surface area contributed by atoms with Gasteiger partial charge < -0.3 is 10.1 Å². The van der Waals surface area contributed by atoms with E-state index in [1.807, 2.05) is 18.2 Å². The van der Waals surface area contributed by atoms with Crippen LogP contribution in [0.1, 0.15) is 58.1 Å². The van der Waals surface area contributed by atoms with Gasteiger partial charge in [0.15, 0.2) is 0 Å². The average molecular weight is 346 g/mol. The smallest absolute Gasteiger partial charge is 0.325 e. The third kappa shape index (κ3) is 5.56. The van der Waals surface area contributed by atoms with E-state index in [1.54, 1.807) is 20.8 Å². The Bertz CT molecular complexity index is 566. The first-order valence-corrected chi connectivity index (χ1v) is 9.20. The molecule has 2 N–H and O–H groups in total. The fourth-order valence-electron chi connectivity index (χ4n) is 3.33. The average Bonchev–Trinajstić information content (AvgIpc) is 3.13. The molecule has 1 aromatic carbocycles. The van der Waals surface area contributed by atoms with Crippen LogP contribution < -0.4 is 10.6 Å². The number of carbonyl (C=O) groups is 2. The Hall–Kier alpha value is -1.88. The number of esters is 1. The lowest BCUT2D eigenvalue weighted by Crippen LogP contribution is -2.51. The molecule has 2 rings (SSSR count). The lowest BCUT2D eigenvalue weighted by atomic mass is 9.91. The van der Waals surface area contributed by atoms with E-state index in [4.69, 9.17) is 4.74 Å². The van der Waals surface area contributed by atoms with E-state index in [2.05, 4.69) is 22.8 Å². The van der Waals surface area contributed by atoms with Crippen LogP contribution >= 0.6 is 0 Å². The molecule has 5 nitrogen and oxygen atoms in total. The zero-order valence-corrected chi connectivity index (χ0v) is 15.5. The number of carbonyl (C=O) groups excluding carboxylic acids is 2. The van der Waals surface area contributed by atoms with Crippen LogP contribution in [0.25, 0.3) is 0 Å². The highest BCUT2D eigenvalue weighted by Gasteiger charge is 2.31. The van der Waals surface area contributed by atoms with Crippen molar-refractivity contribution in [2.45, 2.75) is 58.0 Å². The van der Waals surface area contributed by atoms with Crippen molar-refractivity contribution in [2.24, 2.45) is 5.92 Å². The first-order chi connectivity index (χ1) is 11.9. The fourth-order valence-corrected chi connectivity index (χ4v) is 3.33. The maximum atomic E-state index is 12.5. The second kappa shape index (κ2) is 8.99. The molecule has 138 valence electrons. The van der Waals surface area contributed by atoms with Crippen LogP contribution in [0.5, 0.6) is 0 Å². The van der Waals surface area contributed by atoms with Gasteiger partial charge in [0, 0.05) is 0 Å². The molecule has 0 bridgehead atoms. The minimum absolute atomic E-state index is 0.0312. The number of hydrogen-bond donors (Lipinski definition) is 2. The molecule has 0 aromatic heterocycles. The standard InChI is InChI=1S/C20H30N2O3/c1-4-25-19(24)20(2,3)21-14-17(23)22-18(16-12-8-9-13-16)15-10-6-5-7-11-15/h5-7,10-11,16,18,21H,4,8-9,12-14H2,1-3H3,(H,22,23). The van der Waals surface area contributed by atoms with Crippen LogP contribution in [0.4, 0.5) is 0 Å². The van der Waals surface area contributed by atoms with Gasteiger partial charge in [-0.25, -0.2) is 0 Å². The Morgan fingerprint density at radius 2 is 1.84 bits per heavy atom. The first-order valence-electron chi connectivity index (χ1n) is 9.20. The number of nitrogens with one attached hydrogen (secondary N) is 2. The fraction of sp³-hybridized carbons (Fsp3) is 0.600. The Morgan fingerprint density at radius 3 is 2.44 bits per heavy atom. The van der Waals surface area contributed by atoms with Crippen molar-refractivity contribution >= 4 is 11.9 Å². The van der Waals surface area contributed by atoms with Gasteiger partial charge >= 0.3 is 5.97 Å². The lowest BCUT2D eigenvalue weighted by Gasteiger charge is -2.27. The first kappa shape index (κ1) is 19.4. The molecule has 0 aliphatic heterocycles. The highest BCUT2D eigenvalue weighted by atomic mass is 16.5. The van der Waals surface area contributed by atoms with Crippen molar-refractivity contribution in [1.82, 2.24) is 10.6 Å². The Balaban J connectivity index is 1.96. The number of amides is 1. The second-order valence-corrected chi connectivity index (χ2v) is 7.20. The van der Waals surface area contributed by atoms with E-state index >= 15 is 0 Å². The predicted octanol–water partition coefficient (Wildman–Crippen LogP) is 2.97. The van der Waals surface area contributed by atoms with Gasteiger partial charge in [-0.3, -0.25) is 14.9 Å². The molecule has 1 saturated carbocycles. The third-order valence-corrected chi connectivity index (χ3v) is 4.82. The quantitative estimate of drug-likeness (QED) is 0.710. The van der Waals surface area contributed by atoms with Crippen molar-refractivity contribution in [1.29, 1.82) is 0 Å². The van der Waals surface area contributed by atoms with Gasteiger partial charge in [0.1, 0.15) is 5.54 Å². The molecule has 0 saturated heterocycles. The molecule has 1 unspecified atom stereocenters. The van der Waals surface area contributed by atoms with E-state index in [0.717, 1.165) is 18.4 Å². The zero-order valence-electron chi connectivity index (χ0n) is 15.5. The highest BCUT2D eigenvalue weighted by molar-refractivity contribution is 5.82. The van der Waals surface area contributed by atoms with Crippen molar-refractivity contribution in [3.05, 3.63) is 35.9 Å². The summed E-state index contributed by atoms with van der Waals surface area (Å²) < 4.78 is 5.04. The number of benzene rings is 1. The SMILES string of the molecule is CCOC(=O)C(C)(C)NCC(=O)NC(c1ccccc1)C1CCCC1. The van der Waals surface area contributed by atoms with Crippen molar-refractivity contribution in [2.75, 3.05) is 13.2 Å². The molecule has 0 heterocycles. The van der Waals surface area contributed by atoms with Crippen LogP contribution in [-0.4, -0.2) is 30.6 Å². The topological polar surface area (TPSA) is 67.4 Å². The third-order valence-electron chi connectivity index (χ3n) is 4.82. The summed E-state index contributed by atoms with van der Waals surface area (Å²) in [7, 11) is 0. The summed E-state index contributed by atoms with van der Waals surface area (Å²) >= 11 is 0. The number of rotatable bonds is 8. The second-order valence-electron chi connectivity index (χ2n) is 7.20. The molecular weight excluding hydrogens is 316 g/mol. The predicted molar refractivity (Wildman–Crippen MR) is 98.0 cm³/mol. The molecule has 0 spiro atoms. The molecule has 1 aliphatic carbocycles. The minimum Gasteiger partial charge on any atom is -0.465 e. The van der Waals surface area contributed by atoms with Gasteiger partial charge in [-0.1, -0.05) is 43.2 Å². The van der Waals surface area contributed by atoms with E-state index in [1.165, 1.54) is 12.8 Å². The van der Waals surface area contributed by atoms with E-state index in [9.17, 15) is 9.59 Å². The van der Waals surface area contributed by atoms with E-state index < -0.39 is 5.54 Å². The molecule has 1 atom stereocenters. The van der Waals surface area contributed by atoms with Crippen molar-refractivity contribution in [3.8, 4) is 0 Å². The summed E-state index contributed by atoms with van der Waals surface area (Å²) in [5, 5.41) is 6.17. The summed E-state index contributed by atoms with van der Waals surface area (Å²) in [6.45, 7) is 5.64. The monoisotopic (exact) mass is 346 g/mol. The van der Waals surface area contributed by atoms with Crippen molar-refractivity contribution < 1.29 is 14.3 Å². The lowest BCUT2D eigenvalue weighted by molar-refractivity contribution is -0.149. The summed E-state index contributed by atoms with van der Waals surface area (Å²) in [5.74, 6) is 0.0285. The van der Waals surface area contributed by atoms with Gasteiger partial charge in [-0.15, -0.1) is 0 Å². The van der Waals surface area contributed by atoms with Crippen LogP contribution in [0, 0.1) is 5.92 Å².